The minimum absolute atomic E-state index is 0.0143. The Hall–Kier alpha value is -2.17. The van der Waals surface area contributed by atoms with Gasteiger partial charge >= 0.3 is 11.9 Å². The molecule has 140 valence electrons. The first kappa shape index (κ1) is 18.6. The number of ether oxygens (including phenoxy) is 2. The van der Waals surface area contributed by atoms with E-state index in [1.165, 1.54) is 0 Å². The molecule has 1 aromatic rings. The lowest BCUT2D eigenvalue weighted by Gasteiger charge is -2.41. The Morgan fingerprint density at radius 3 is 2.19 bits per heavy atom. The first-order valence-corrected chi connectivity index (χ1v) is 9.27. The van der Waals surface area contributed by atoms with Crippen LogP contribution in [0.25, 0.3) is 0 Å². The number of rotatable bonds is 4. The molecule has 3 rings (SSSR count). The van der Waals surface area contributed by atoms with Crippen LogP contribution in [0.2, 0.25) is 0 Å². The molecule has 0 saturated heterocycles. The third-order valence-corrected chi connectivity index (χ3v) is 6.11. The summed E-state index contributed by atoms with van der Waals surface area (Å²) in [6.45, 7) is 7.97. The van der Waals surface area contributed by atoms with Gasteiger partial charge in [-0.1, -0.05) is 38.1 Å². The maximum absolute atomic E-state index is 13.1. The van der Waals surface area contributed by atoms with E-state index in [-0.39, 0.29) is 49.1 Å². The monoisotopic (exact) mass is 358 g/mol. The zero-order valence-electron chi connectivity index (χ0n) is 15.8. The van der Waals surface area contributed by atoms with Crippen LogP contribution in [-0.2, 0) is 24.5 Å². The Balaban J connectivity index is 2.07. The molecule has 0 unspecified atom stereocenters. The molecule has 0 aliphatic heterocycles. The summed E-state index contributed by atoms with van der Waals surface area (Å²) in [4.78, 5) is 38.7. The lowest BCUT2D eigenvalue weighted by atomic mass is 9.61. The van der Waals surface area contributed by atoms with Crippen LogP contribution in [0.5, 0.6) is 0 Å². The van der Waals surface area contributed by atoms with Crippen LogP contribution < -0.4 is 0 Å². The number of fused-ring (bicyclic) bond motifs is 2. The molecule has 26 heavy (non-hydrogen) atoms. The van der Waals surface area contributed by atoms with Gasteiger partial charge in [0.25, 0.3) is 0 Å². The smallest absolute Gasteiger partial charge is 0.323 e. The van der Waals surface area contributed by atoms with E-state index in [1.807, 2.05) is 24.3 Å². The highest BCUT2D eigenvalue weighted by molar-refractivity contribution is 6.05. The molecule has 0 heterocycles. The van der Waals surface area contributed by atoms with E-state index in [0.29, 0.717) is 5.56 Å². The number of Topliss-reactive ketones (excluding diaryl/α,β-unsaturated/α-hetero) is 1. The fourth-order valence-electron chi connectivity index (χ4n) is 4.77. The van der Waals surface area contributed by atoms with Gasteiger partial charge in [-0.15, -0.1) is 0 Å². The molecule has 0 amide bonds. The average Bonchev–Trinajstić information content (AvgIpc) is 3.04. The van der Waals surface area contributed by atoms with E-state index >= 15 is 0 Å². The molecule has 2 aliphatic carbocycles. The van der Waals surface area contributed by atoms with Gasteiger partial charge in [0.1, 0.15) is 0 Å². The molecule has 0 aromatic heterocycles. The maximum Gasteiger partial charge on any atom is 0.323 e. The Labute approximate surface area is 154 Å². The van der Waals surface area contributed by atoms with Crippen molar-refractivity contribution in [3.8, 4) is 0 Å². The summed E-state index contributed by atoms with van der Waals surface area (Å²) in [5, 5.41) is 0. The van der Waals surface area contributed by atoms with E-state index < -0.39 is 17.4 Å². The SMILES string of the molecule is CCOC(=O)C1(C(=O)OCC)C[C@@H]2C(=O)c3ccccc3C(C)(C)[C@H]2C1. The highest BCUT2D eigenvalue weighted by Crippen LogP contribution is 2.58. The van der Waals surface area contributed by atoms with Gasteiger partial charge < -0.3 is 9.47 Å². The third-order valence-electron chi connectivity index (χ3n) is 6.11. The highest BCUT2D eigenvalue weighted by atomic mass is 16.6. The van der Waals surface area contributed by atoms with Crippen LogP contribution >= 0.6 is 0 Å². The molecule has 2 aliphatic rings. The molecular formula is C21H26O5. The van der Waals surface area contributed by atoms with Crippen molar-refractivity contribution in [2.75, 3.05) is 13.2 Å². The van der Waals surface area contributed by atoms with Crippen LogP contribution in [0.1, 0.15) is 56.5 Å². The van der Waals surface area contributed by atoms with Gasteiger partial charge in [-0.2, -0.15) is 0 Å². The number of hydrogen-bond acceptors (Lipinski definition) is 5. The summed E-state index contributed by atoms with van der Waals surface area (Å²) >= 11 is 0. The lowest BCUT2D eigenvalue weighted by Crippen LogP contribution is -2.42. The van der Waals surface area contributed by atoms with Crippen LogP contribution in [0.4, 0.5) is 0 Å². The number of esters is 2. The summed E-state index contributed by atoms with van der Waals surface area (Å²) in [5.74, 6) is -1.62. The van der Waals surface area contributed by atoms with E-state index in [1.54, 1.807) is 13.8 Å². The van der Waals surface area contributed by atoms with Crippen molar-refractivity contribution in [1.82, 2.24) is 0 Å². The van der Waals surface area contributed by atoms with Gasteiger partial charge in [0, 0.05) is 11.5 Å². The first-order valence-electron chi connectivity index (χ1n) is 9.27. The van der Waals surface area contributed by atoms with E-state index in [2.05, 4.69) is 13.8 Å². The van der Waals surface area contributed by atoms with E-state index in [0.717, 1.165) is 5.56 Å². The molecule has 1 fully saturated rings. The topological polar surface area (TPSA) is 69.7 Å². The van der Waals surface area contributed by atoms with Crippen molar-refractivity contribution in [3.05, 3.63) is 35.4 Å². The number of ketones is 1. The summed E-state index contributed by atoms with van der Waals surface area (Å²) < 4.78 is 10.5. The van der Waals surface area contributed by atoms with Crippen LogP contribution in [0, 0.1) is 17.3 Å². The summed E-state index contributed by atoms with van der Waals surface area (Å²) in [7, 11) is 0. The van der Waals surface area contributed by atoms with Gasteiger partial charge in [-0.05, 0) is 43.6 Å². The molecule has 1 aromatic carbocycles. The summed E-state index contributed by atoms with van der Waals surface area (Å²) in [6.07, 6.45) is 0.439. The average molecular weight is 358 g/mol. The number of carbonyl (C=O) groups is 3. The van der Waals surface area contributed by atoms with Crippen molar-refractivity contribution >= 4 is 17.7 Å². The minimum Gasteiger partial charge on any atom is -0.465 e. The predicted octanol–water partition coefficient (Wildman–Crippen LogP) is 3.30. The lowest BCUT2D eigenvalue weighted by molar-refractivity contribution is -0.172. The van der Waals surface area contributed by atoms with Gasteiger partial charge in [0.2, 0.25) is 0 Å². The van der Waals surface area contributed by atoms with E-state index in [4.69, 9.17) is 9.47 Å². The van der Waals surface area contributed by atoms with Gasteiger partial charge in [-0.25, -0.2) is 0 Å². The van der Waals surface area contributed by atoms with Crippen molar-refractivity contribution < 1.29 is 23.9 Å². The van der Waals surface area contributed by atoms with Crippen LogP contribution in [0.15, 0.2) is 24.3 Å². The maximum atomic E-state index is 13.1. The molecule has 5 nitrogen and oxygen atoms in total. The van der Waals surface area contributed by atoms with Gasteiger partial charge in [-0.3, -0.25) is 14.4 Å². The standard InChI is InChI=1S/C21H26O5/c1-5-25-18(23)21(19(24)26-6-2)11-14-16(12-21)20(3,4)15-10-8-7-9-13(15)17(14)22/h7-10,14,16H,5-6,11-12H2,1-4H3/t14-,16-/m0/s1. The number of benzene rings is 1. The van der Waals surface area contributed by atoms with Crippen molar-refractivity contribution in [1.29, 1.82) is 0 Å². The second-order valence-corrected chi connectivity index (χ2v) is 7.78. The summed E-state index contributed by atoms with van der Waals surface area (Å²) in [6, 6.07) is 7.58. The predicted molar refractivity (Wildman–Crippen MR) is 95.7 cm³/mol. The van der Waals surface area contributed by atoms with E-state index in [9.17, 15) is 14.4 Å². The molecule has 0 N–H and O–H groups in total. The second kappa shape index (κ2) is 6.53. The third kappa shape index (κ3) is 2.56. The quantitative estimate of drug-likeness (QED) is 0.610. The zero-order valence-corrected chi connectivity index (χ0v) is 15.8. The van der Waals surface area contributed by atoms with Crippen molar-refractivity contribution in [3.63, 3.8) is 0 Å². The fraction of sp³-hybridized carbons (Fsp3) is 0.571. The number of hydrogen-bond donors (Lipinski definition) is 0. The largest absolute Gasteiger partial charge is 0.465 e. The molecule has 0 bridgehead atoms. The Bertz CT molecular complexity index is 731. The molecule has 0 spiro atoms. The highest BCUT2D eigenvalue weighted by Gasteiger charge is 2.63. The molecule has 1 saturated carbocycles. The molecule has 0 radical (unpaired) electrons. The van der Waals surface area contributed by atoms with Crippen LogP contribution in [0.3, 0.4) is 0 Å². The minimum atomic E-state index is -1.39. The number of carbonyl (C=O) groups excluding carboxylic acids is 3. The Morgan fingerprint density at radius 2 is 1.62 bits per heavy atom. The Kier molecular flexibility index (Phi) is 4.67. The summed E-state index contributed by atoms with van der Waals surface area (Å²) in [5.41, 5.74) is -0.0382. The van der Waals surface area contributed by atoms with Crippen molar-refractivity contribution in [2.24, 2.45) is 17.3 Å². The molecule has 2 atom stereocenters. The molecule has 5 heteroatoms. The van der Waals surface area contributed by atoms with Crippen molar-refractivity contribution in [2.45, 2.75) is 46.0 Å². The second-order valence-electron chi connectivity index (χ2n) is 7.78. The van der Waals surface area contributed by atoms with Gasteiger partial charge in [0.05, 0.1) is 13.2 Å². The molecular weight excluding hydrogens is 332 g/mol. The van der Waals surface area contributed by atoms with Gasteiger partial charge in [0.15, 0.2) is 11.2 Å². The zero-order chi connectivity index (χ0) is 19.1. The Morgan fingerprint density at radius 1 is 1.04 bits per heavy atom. The first-order chi connectivity index (χ1) is 12.3. The normalized spacial score (nSPS) is 25.2. The fourth-order valence-corrected chi connectivity index (χ4v) is 4.77. The van der Waals surface area contributed by atoms with Crippen LogP contribution in [-0.4, -0.2) is 30.9 Å².